The molecule has 0 aliphatic carbocycles. The van der Waals surface area contributed by atoms with Crippen molar-refractivity contribution in [2.45, 2.75) is 13.8 Å². The molecule has 1 amide bonds. The summed E-state index contributed by atoms with van der Waals surface area (Å²) < 4.78 is 0. The van der Waals surface area contributed by atoms with E-state index in [9.17, 15) is 4.79 Å². The van der Waals surface area contributed by atoms with Crippen LogP contribution in [0, 0.1) is 0 Å². The third kappa shape index (κ3) is 17.6. The van der Waals surface area contributed by atoms with Crippen molar-refractivity contribution in [2.75, 3.05) is 27.2 Å². The van der Waals surface area contributed by atoms with Crippen LogP contribution in [0.5, 0.6) is 0 Å². The minimum Gasteiger partial charge on any atom is -0.465 e. The Hall–Kier alpha value is -0.770. The monoisotopic (exact) mass is 162 g/mol. The van der Waals surface area contributed by atoms with E-state index >= 15 is 0 Å². The minimum atomic E-state index is -0.961. The number of likely N-dealkylation sites (N-methyl/N-ethyl adjacent to an activating group) is 1. The van der Waals surface area contributed by atoms with Gasteiger partial charge in [-0.1, -0.05) is 13.8 Å². The fourth-order valence-electron chi connectivity index (χ4n) is 0.386. The average Bonchev–Trinajstić information content (AvgIpc) is 1.90. The van der Waals surface area contributed by atoms with Crippen LogP contribution in [0.15, 0.2) is 0 Å². The first-order chi connectivity index (χ1) is 5.13. The van der Waals surface area contributed by atoms with Gasteiger partial charge in [0, 0.05) is 13.1 Å². The van der Waals surface area contributed by atoms with Crippen molar-refractivity contribution in [3.05, 3.63) is 0 Å². The number of carboxylic acid groups (broad SMARTS) is 1. The number of nitrogens with one attached hydrogen (secondary N) is 1. The third-order valence-corrected chi connectivity index (χ3v) is 0.835. The van der Waals surface area contributed by atoms with Gasteiger partial charge in [-0.05, 0) is 14.1 Å². The Morgan fingerprint density at radius 3 is 2.18 bits per heavy atom. The van der Waals surface area contributed by atoms with Crippen LogP contribution in [0.2, 0.25) is 0 Å². The second-order valence-electron chi connectivity index (χ2n) is 2.04. The summed E-state index contributed by atoms with van der Waals surface area (Å²) in [6.07, 6.45) is -0.961. The highest BCUT2D eigenvalue weighted by molar-refractivity contribution is 5.64. The molecule has 0 aromatic heterocycles. The summed E-state index contributed by atoms with van der Waals surface area (Å²) in [6.45, 7) is 5.23. The molecule has 0 atom stereocenters. The number of carbonyl (C=O) groups is 1. The lowest BCUT2D eigenvalue weighted by atomic mass is 10.6. The average molecular weight is 162 g/mol. The van der Waals surface area contributed by atoms with E-state index < -0.39 is 6.09 Å². The number of nitrogens with zero attached hydrogens (tertiary/aromatic N) is 1. The summed E-state index contributed by atoms with van der Waals surface area (Å²) in [5, 5.41) is 10.3. The van der Waals surface area contributed by atoms with E-state index in [1.165, 1.54) is 0 Å². The first-order valence-corrected chi connectivity index (χ1v) is 3.74. The molecule has 0 aromatic rings. The molecule has 0 saturated heterocycles. The Morgan fingerprint density at radius 1 is 1.45 bits per heavy atom. The Balaban J connectivity index is 0. The van der Waals surface area contributed by atoms with Crippen molar-refractivity contribution >= 4 is 6.09 Å². The van der Waals surface area contributed by atoms with Gasteiger partial charge in [0.2, 0.25) is 0 Å². The van der Waals surface area contributed by atoms with E-state index in [2.05, 4.69) is 5.32 Å². The van der Waals surface area contributed by atoms with Crippen molar-refractivity contribution < 1.29 is 9.90 Å². The molecule has 68 valence electrons. The largest absolute Gasteiger partial charge is 0.465 e. The molecule has 0 fully saturated rings. The summed E-state index contributed by atoms with van der Waals surface area (Å²) in [5.41, 5.74) is 0. The molecule has 0 aliphatic rings. The third-order valence-electron chi connectivity index (χ3n) is 0.835. The molecule has 2 N–H and O–H groups in total. The fourth-order valence-corrected chi connectivity index (χ4v) is 0.386. The number of hydrogen-bond donors (Lipinski definition) is 2. The lowest BCUT2D eigenvalue weighted by molar-refractivity contribution is 0.193. The van der Waals surface area contributed by atoms with Crippen LogP contribution in [0.3, 0.4) is 0 Å². The van der Waals surface area contributed by atoms with Crippen LogP contribution in [0.1, 0.15) is 13.8 Å². The number of rotatable bonds is 3. The first kappa shape index (κ1) is 12.9. The fraction of sp³-hybridized carbons (Fsp3) is 0.857. The highest BCUT2D eigenvalue weighted by atomic mass is 16.4. The zero-order valence-corrected chi connectivity index (χ0v) is 7.72. The standard InChI is InChI=1S/C5H12N2O2.C2H6/c1-7(2)4-3-6-5(8)9;1-2/h6H,3-4H2,1-2H3,(H,8,9);1-2H3. The second kappa shape index (κ2) is 9.23. The number of amides is 1. The topological polar surface area (TPSA) is 52.6 Å². The van der Waals surface area contributed by atoms with Gasteiger partial charge in [0.15, 0.2) is 0 Å². The summed E-state index contributed by atoms with van der Waals surface area (Å²) in [6, 6.07) is 0. The molecule has 0 saturated carbocycles. The van der Waals surface area contributed by atoms with Crippen molar-refractivity contribution in [2.24, 2.45) is 0 Å². The van der Waals surface area contributed by atoms with Crippen LogP contribution >= 0.6 is 0 Å². The molecule has 0 aromatic carbocycles. The van der Waals surface area contributed by atoms with Crippen LogP contribution in [-0.4, -0.2) is 43.3 Å². The summed E-state index contributed by atoms with van der Waals surface area (Å²) >= 11 is 0. The molecular formula is C7H18N2O2. The first-order valence-electron chi connectivity index (χ1n) is 3.74. The van der Waals surface area contributed by atoms with Gasteiger partial charge >= 0.3 is 6.09 Å². The maximum atomic E-state index is 9.85. The van der Waals surface area contributed by atoms with Gasteiger partial charge in [0.1, 0.15) is 0 Å². The minimum absolute atomic E-state index is 0.488. The molecule has 0 bridgehead atoms. The Bertz CT molecular complexity index is 94.4. The van der Waals surface area contributed by atoms with Crippen LogP contribution in [0.4, 0.5) is 4.79 Å². The van der Waals surface area contributed by atoms with Crippen LogP contribution in [0.25, 0.3) is 0 Å². The maximum absolute atomic E-state index is 9.85. The molecule has 4 heteroatoms. The zero-order chi connectivity index (χ0) is 9.28. The SMILES string of the molecule is CC.CN(C)CCNC(=O)O. The Labute approximate surface area is 68.2 Å². The predicted octanol–water partition coefficient (Wildman–Crippen LogP) is 0.842. The van der Waals surface area contributed by atoms with Crippen molar-refractivity contribution in [3.8, 4) is 0 Å². The van der Waals surface area contributed by atoms with E-state index in [1.807, 2.05) is 32.8 Å². The highest BCUT2D eigenvalue weighted by Gasteiger charge is 1.92. The summed E-state index contributed by atoms with van der Waals surface area (Å²) in [4.78, 5) is 11.8. The normalized spacial score (nSPS) is 8.45. The Kier molecular flexibility index (Phi) is 10.8. The van der Waals surface area contributed by atoms with E-state index in [0.29, 0.717) is 6.54 Å². The lowest BCUT2D eigenvalue weighted by Gasteiger charge is -2.07. The molecular weight excluding hydrogens is 144 g/mol. The van der Waals surface area contributed by atoms with Crippen molar-refractivity contribution in [3.63, 3.8) is 0 Å². The van der Waals surface area contributed by atoms with Gasteiger partial charge in [-0.25, -0.2) is 4.79 Å². The summed E-state index contributed by atoms with van der Waals surface area (Å²) in [7, 11) is 3.78. The smallest absolute Gasteiger partial charge is 0.404 e. The zero-order valence-electron chi connectivity index (χ0n) is 7.72. The molecule has 0 aliphatic heterocycles. The predicted molar refractivity (Wildman–Crippen MR) is 45.9 cm³/mol. The van der Waals surface area contributed by atoms with Gasteiger partial charge in [0.25, 0.3) is 0 Å². The van der Waals surface area contributed by atoms with Crippen LogP contribution < -0.4 is 5.32 Å². The molecule has 0 radical (unpaired) electrons. The van der Waals surface area contributed by atoms with Gasteiger partial charge in [-0.3, -0.25) is 0 Å². The molecule has 0 unspecified atom stereocenters. The van der Waals surface area contributed by atoms with Crippen LogP contribution in [-0.2, 0) is 0 Å². The van der Waals surface area contributed by atoms with Gasteiger partial charge in [-0.2, -0.15) is 0 Å². The van der Waals surface area contributed by atoms with E-state index in [4.69, 9.17) is 5.11 Å². The molecule has 0 spiro atoms. The van der Waals surface area contributed by atoms with E-state index in [1.54, 1.807) is 0 Å². The molecule has 11 heavy (non-hydrogen) atoms. The summed E-state index contributed by atoms with van der Waals surface area (Å²) in [5.74, 6) is 0. The second-order valence-corrected chi connectivity index (χ2v) is 2.04. The highest BCUT2D eigenvalue weighted by Crippen LogP contribution is 1.69. The van der Waals surface area contributed by atoms with E-state index in [-0.39, 0.29) is 0 Å². The molecule has 0 rings (SSSR count). The van der Waals surface area contributed by atoms with E-state index in [0.717, 1.165) is 6.54 Å². The molecule has 0 heterocycles. The maximum Gasteiger partial charge on any atom is 0.404 e. The quantitative estimate of drug-likeness (QED) is 0.646. The van der Waals surface area contributed by atoms with Gasteiger partial charge in [-0.15, -0.1) is 0 Å². The Morgan fingerprint density at radius 2 is 1.91 bits per heavy atom. The molecule has 4 nitrogen and oxygen atoms in total. The van der Waals surface area contributed by atoms with Gasteiger partial charge < -0.3 is 15.3 Å². The number of hydrogen-bond acceptors (Lipinski definition) is 2. The lowest BCUT2D eigenvalue weighted by Crippen LogP contribution is -2.29. The van der Waals surface area contributed by atoms with Gasteiger partial charge in [0.05, 0.1) is 0 Å². The van der Waals surface area contributed by atoms with Crippen molar-refractivity contribution in [1.82, 2.24) is 10.2 Å². The van der Waals surface area contributed by atoms with Crippen molar-refractivity contribution in [1.29, 1.82) is 0 Å².